The third-order valence-corrected chi connectivity index (χ3v) is 4.52. The van der Waals surface area contributed by atoms with Crippen LogP contribution in [0.2, 0.25) is 0 Å². The molecule has 19 heavy (non-hydrogen) atoms. The summed E-state index contributed by atoms with van der Waals surface area (Å²) in [6.07, 6.45) is 0.789. The van der Waals surface area contributed by atoms with Crippen LogP contribution in [0.1, 0.15) is 11.1 Å². The van der Waals surface area contributed by atoms with Gasteiger partial charge in [-0.3, -0.25) is 0 Å². The Balaban J connectivity index is 0.000000902. The van der Waals surface area contributed by atoms with E-state index < -0.39 is 10.8 Å². The Morgan fingerprint density at radius 3 is 1.68 bits per heavy atom. The van der Waals surface area contributed by atoms with Crippen LogP contribution in [0.3, 0.4) is 0 Å². The minimum atomic E-state index is -1.17. The molecule has 1 aliphatic rings. The van der Waals surface area contributed by atoms with Crippen LogP contribution in [0.25, 0.3) is 0 Å². The molecule has 0 unspecified atom stereocenters. The quantitative estimate of drug-likeness (QED) is 0.626. The van der Waals surface area contributed by atoms with Crippen molar-refractivity contribution in [3.05, 3.63) is 47.5 Å². The van der Waals surface area contributed by atoms with Gasteiger partial charge in [0.05, 0.1) is 10.8 Å². The van der Waals surface area contributed by atoms with Crippen molar-refractivity contribution in [1.29, 1.82) is 0 Å². The van der Waals surface area contributed by atoms with E-state index in [1.165, 1.54) is 0 Å². The fourth-order valence-corrected chi connectivity index (χ4v) is 3.58. The Morgan fingerprint density at radius 1 is 0.842 bits per heavy atom. The summed E-state index contributed by atoms with van der Waals surface area (Å²) in [5.74, 6) is 0. The number of hydrogen-bond donors (Lipinski definition) is 2. The fourth-order valence-electron chi connectivity index (χ4n) is 2.10. The van der Waals surface area contributed by atoms with Crippen LogP contribution >= 0.6 is 24.8 Å². The molecule has 0 aliphatic carbocycles. The highest BCUT2D eigenvalue weighted by Crippen LogP contribution is 2.33. The van der Waals surface area contributed by atoms with Gasteiger partial charge in [0.2, 0.25) is 0 Å². The molecular formula is C13H14Cl2N2OS. The topological polar surface area (TPSA) is 69.1 Å². The van der Waals surface area contributed by atoms with Gasteiger partial charge in [0.25, 0.3) is 0 Å². The van der Waals surface area contributed by atoms with Crippen LogP contribution in [0.15, 0.2) is 46.2 Å². The SMILES string of the molecule is Cl.Cl.Nc1ccc2c(c1)S(=O)c1cc(N)ccc1C2. The first kappa shape index (κ1) is 15.8. The molecular weight excluding hydrogens is 303 g/mol. The van der Waals surface area contributed by atoms with Crippen LogP contribution in [0.4, 0.5) is 11.4 Å². The van der Waals surface area contributed by atoms with Crippen LogP contribution in [-0.2, 0) is 17.2 Å². The molecule has 0 saturated carbocycles. The minimum absolute atomic E-state index is 0. The molecule has 2 aromatic carbocycles. The highest BCUT2D eigenvalue weighted by Gasteiger charge is 2.22. The van der Waals surface area contributed by atoms with E-state index in [1.807, 2.05) is 24.3 Å². The average Bonchev–Trinajstić information content (AvgIpc) is 2.32. The first-order chi connectivity index (χ1) is 8.15. The van der Waals surface area contributed by atoms with Gasteiger partial charge in [0, 0.05) is 21.2 Å². The summed E-state index contributed by atoms with van der Waals surface area (Å²) in [6.45, 7) is 0. The molecule has 3 rings (SSSR count). The van der Waals surface area contributed by atoms with E-state index in [9.17, 15) is 4.21 Å². The van der Waals surface area contributed by atoms with Crippen LogP contribution < -0.4 is 11.5 Å². The molecule has 0 bridgehead atoms. The van der Waals surface area contributed by atoms with Crippen molar-refractivity contribution in [1.82, 2.24) is 0 Å². The van der Waals surface area contributed by atoms with Crippen LogP contribution in [0, 0.1) is 0 Å². The molecule has 0 radical (unpaired) electrons. The van der Waals surface area contributed by atoms with Crippen molar-refractivity contribution in [3.8, 4) is 0 Å². The van der Waals surface area contributed by atoms with Gasteiger partial charge in [0.1, 0.15) is 0 Å². The van der Waals surface area contributed by atoms with Gasteiger partial charge in [-0.15, -0.1) is 24.8 Å². The van der Waals surface area contributed by atoms with Gasteiger partial charge in [-0.1, -0.05) is 12.1 Å². The first-order valence-corrected chi connectivity index (χ1v) is 6.49. The number of benzene rings is 2. The first-order valence-electron chi connectivity index (χ1n) is 5.34. The molecule has 0 saturated heterocycles. The summed E-state index contributed by atoms with van der Waals surface area (Å²) < 4.78 is 12.4. The van der Waals surface area contributed by atoms with Gasteiger partial charge in [-0.05, 0) is 41.8 Å². The second-order valence-corrected chi connectivity index (χ2v) is 5.60. The zero-order valence-electron chi connectivity index (χ0n) is 9.96. The van der Waals surface area contributed by atoms with E-state index in [-0.39, 0.29) is 24.8 Å². The number of nitrogen functional groups attached to an aromatic ring is 2. The highest BCUT2D eigenvalue weighted by atomic mass is 35.5. The van der Waals surface area contributed by atoms with E-state index in [0.717, 1.165) is 27.3 Å². The van der Waals surface area contributed by atoms with Gasteiger partial charge in [-0.25, -0.2) is 4.21 Å². The molecule has 3 nitrogen and oxygen atoms in total. The normalized spacial score (nSPS) is 12.6. The molecule has 2 aromatic rings. The third-order valence-electron chi connectivity index (χ3n) is 2.96. The Kier molecular flexibility index (Phi) is 4.85. The van der Waals surface area contributed by atoms with Crippen molar-refractivity contribution < 1.29 is 4.21 Å². The maximum absolute atomic E-state index is 12.4. The van der Waals surface area contributed by atoms with Gasteiger partial charge in [0.15, 0.2) is 0 Å². The summed E-state index contributed by atoms with van der Waals surface area (Å²) in [5, 5.41) is 0. The minimum Gasteiger partial charge on any atom is -0.399 e. The summed E-state index contributed by atoms with van der Waals surface area (Å²) in [6, 6.07) is 11.2. The van der Waals surface area contributed by atoms with Crippen LogP contribution in [0.5, 0.6) is 0 Å². The standard InChI is InChI=1S/C13H12N2OS.2ClH/c14-10-3-1-8-5-9-2-4-11(15)7-13(9)17(16)12(8)6-10;;/h1-4,6-7H,5,14-15H2;2*1H. The number of hydrogen-bond acceptors (Lipinski definition) is 3. The third kappa shape index (κ3) is 2.71. The second kappa shape index (κ2) is 5.82. The zero-order valence-corrected chi connectivity index (χ0v) is 12.4. The predicted molar refractivity (Wildman–Crippen MR) is 83.7 cm³/mol. The lowest BCUT2D eigenvalue weighted by Gasteiger charge is -2.19. The van der Waals surface area contributed by atoms with E-state index in [1.54, 1.807) is 12.1 Å². The monoisotopic (exact) mass is 316 g/mol. The molecule has 0 amide bonds. The molecule has 6 heteroatoms. The molecule has 1 aliphatic heterocycles. The summed E-state index contributed by atoms with van der Waals surface area (Å²) >= 11 is 0. The van der Waals surface area contributed by atoms with Crippen molar-refractivity contribution in [2.45, 2.75) is 16.2 Å². The smallest absolute Gasteiger partial charge is 0.0857 e. The van der Waals surface area contributed by atoms with E-state index >= 15 is 0 Å². The van der Waals surface area contributed by atoms with Crippen molar-refractivity contribution in [3.63, 3.8) is 0 Å². The second-order valence-electron chi connectivity index (χ2n) is 4.18. The lowest BCUT2D eigenvalue weighted by atomic mass is 10.0. The molecule has 0 aromatic heterocycles. The van der Waals surface area contributed by atoms with Crippen molar-refractivity contribution in [2.75, 3.05) is 11.5 Å². The summed E-state index contributed by atoms with van der Waals surface area (Å²) in [4.78, 5) is 1.62. The van der Waals surface area contributed by atoms with Crippen molar-refractivity contribution in [2.24, 2.45) is 0 Å². The Morgan fingerprint density at radius 2 is 1.26 bits per heavy atom. The summed E-state index contributed by atoms with van der Waals surface area (Å²) in [7, 11) is -1.17. The van der Waals surface area contributed by atoms with E-state index in [0.29, 0.717) is 11.4 Å². The van der Waals surface area contributed by atoms with Gasteiger partial charge in [-0.2, -0.15) is 0 Å². The number of rotatable bonds is 0. The van der Waals surface area contributed by atoms with Crippen molar-refractivity contribution >= 4 is 47.0 Å². The maximum Gasteiger partial charge on any atom is 0.0857 e. The molecule has 1 heterocycles. The number of nitrogens with two attached hydrogens (primary N) is 2. The zero-order chi connectivity index (χ0) is 12.0. The number of anilines is 2. The average molecular weight is 317 g/mol. The molecule has 4 N–H and O–H groups in total. The molecule has 102 valence electrons. The highest BCUT2D eigenvalue weighted by molar-refractivity contribution is 7.85. The summed E-state index contributed by atoms with van der Waals surface area (Å²) in [5.41, 5.74) is 14.9. The lowest BCUT2D eigenvalue weighted by molar-refractivity contribution is 0.679. The molecule has 0 atom stereocenters. The van der Waals surface area contributed by atoms with Crippen LogP contribution in [-0.4, -0.2) is 4.21 Å². The maximum atomic E-state index is 12.4. The van der Waals surface area contributed by atoms with Gasteiger partial charge >= 0.3 is 0 Å². The lowest BCUT2D eigenvalue weighted by Crippen LogP contribution is -2.10. The largest absolute Gasteiger partial charge is 0.399 e. The Bertz CT molecular complexity index is 593. The molecule has 0 fully saturated rings. The van der Waals surface area contributed by atoms with Gasteiger partial charge < -0.3 is 11.5 Å². The predicted octanol–water partition coefficient (Wildman–Crippen LogP) is 2.77. The van der Waals surface area contributed by atoms with E-state index in [4.69, 9.17) is 11.5 Å². The number of fused-ring (bicyclic) bond motifs is 2. The molecule has 0 spiro atoms. The Hall–Kier alpha value is -1.23. The fraction of sp³-hybridized carbons (Fsp3) is 0.0769. The van der Waals surface area contributed by atoms with E-state index in [2.05, 4.69) is 0 Å². The number of halogens is 2. The Labute approximate surface area is 126 Å².